The van der Waals surface area contributed by atoms with Gasteiger partial charge in [0.05, 0.1) is 24.9 Å². The summed E-state index contributed by atoms with van der Waals surface area (Å²) in [5, 5.41) is 0. The molecule has 2 fully saturated rings. The summed E-state index contributed by atoms with van der Waals surface area (Å²) in [4.78, 5) is 20.8. The van der Waals surface area contributed by atoms with Crippen LogP contribution in [0, 0.1) is 13.8 Å². The van der Waals surface area contributed by atoms with E-state index in [-0.39, 0.29) is 5.91 Å². The average Bonchev–Trinajstić information content (AvgIpc) is 2.76. The molecule has 0 radical (unpaired) electrons. The van der Waals surface area contributed by atoms with Gasteiger partial charge in [-0.15, -0.1) is 0 Å². The Labute approximate surface area is 112 Å². The number of hydrogen-bond donors (Lipinski definition) is 0. The topological polar surface area (TPSA) is 58.8 Å². The maximum absolute atomic E-state index is 12.4. The van der Waals surface area contributed by atoms with E-state index in [0.717, 1.165) is 26.2 Å². The third-order valence-electron chi connectivity index (χ3n) is 3.82. The van der Waals surface area contributed by atoms with Crippen LogP contribution in [0.15, 0.2) is 4.42 Å². The number of carbonyl (C=O) groups excluding carboxylic acids is 1. The fourth-order valence-electron chi connectivity index (χ4n) is 2.80. The molecule has 0 spiro atoms. The molecule has 2 aliphatic rings. The van der Waals surface area contributed by atoms with Crippen LogP contribution < -0.4 is 0 Å². The minimum atomic E-state index is -0.0525. The van der Waals surface area contributed by atoms with Crippen LogP contribution in [-0.4, -0.2) is 66.1 Å². The van der Waals surface area contributed by atoms with Crippen molar-refractivity contribution in [1.82, 2.24) is 14.8 Å². The number of fused-ring (bicyclic) bond motifs is 1. The highest BCUT2D eigenvalue weighted by molar-refractivity contribution is 5.92. The van der Waals surface area contributed by atoms with Crippen LogP contribution in [0.25, 0.3) is 0 Å². The third kappa shape index (κ3) is 2.37. The molecule has 2 saturated heterocycles. The lowest BCUT2D eigenvalue weighted by molar-refractivity contribution is -0.0399. The Morgan fingerprint density at radius 3 is 2.89 bits per heavy atom. The van der Waals surface area contributed by atoms with Crippen molar-refractivity contribution in [3.63, 3.8) is 0 Å². The quantitative estimate of drug-likeness (QED) is 0.738. The molecular weight excluding hydrogens is 246 g/mol. The Balaban J connectivity index is 1.72. The van der Waals surface area contributed by atoms with Crippen molar-refractivity contribution >= 4 is 5.91 Å². The first-order valence-corrected chi connectivity index (χ1v) is 6.70. The van der Waals surface area contributed by atoms with Gasteiger partial charge in [-0.1, -0.05) is 0 Å². The molecule has 6 nitrogen and oxygen atoms in total. The molecule has 0 aliphatic carbocycles. The number of nitrogens with zero attached hydrogens (tertiary/aromatic N) is 3. The van der Waals surface area contributed by atoms with Crippen molar-refractivity contribution in [3.8, 4) is 0 Å². The predicted molar refractivity (Wildman–Crippen MR) is 68.1 cm³/mol. The van der Waals surface area contributed by atoms with Crippen LogP contribution in [0.5, 0.6) is 0 Å². The van der Waals surface area contributed by atoms with E-state index in [4.69, 9.17) is 9.15 Å². The van der Waals surface area contributed by atoms with Gasteiger partial charge in [-0.05, 0) is 6.92 Å². The second-order valence-electron chi connectivity index (χ2n) is 5.16. The van der Waals surface area contributed by atoms with E-state index in [1.807, 2.05) is 11.8 Å². The van der Waals surface area contributed by atoms with Gasteiger partial charge in [0.1, 0.15) is 0 Å². The van der Waals surface area contributed by atoms with Crippen molar-refractivity contribution in [2.24, 2.45) is 0 Å². The highest BCUT2D eigenvalue weighted by Crippen LogP contribution is 2.18. The fourth-order valence-corrected chi connectivity index (χ4v) is 2.80. The monoisotopic (exact) mass is 265 g/mol. The second kappa shape index (κ2) is 4.94. The second-order valence-corrected chi connectivity index (χ2v) is 5.16. The fraction of sp³-hybridized carbons (Fsp3) is 0.692. The molecule has 0 bridgehead atoms. The SMILES string of the molecule is Cc1nc(C)c(C(=O)N2CCN3CCOCC3C2)o1. The summed E-state index contributed by atoms with van der Waals surface area (Å²) in [6.45, 7) is 8.40. The van der Waals surface area contributed by atoms with Crippen LogP contribution in [0.3, 0.4) is 0 Å². The molecule has 1 aromatic rings. The summed E-state index contributed by atoms with van der Waals surface area (Å²) in [5.74, 6) is 0.867. The maximum Gasteiger partial charge on any atom is 0.291 e. The third-order valence-corrected chi connectivity index (χ3v) is 3.82. The minimum absolute atomic E-state index is 0.0525. The van der Waals surface area contributed by atoms with Crippen LogP contribution in [-0.2, 0) is 4.74 Å². The Morgan fingerprint density at radius 2 is 2.16 bits per heavy atom. The summed E-state index contributed by atoms with van der Waals surface area (Å²) < 4.78 is 10.9. The summed E-state index contributed by atoms with van der Waals surface area (Å²) in [6, 6.07) is 0.316. The smallest absolute Gasteiger partial charge is 0.291 e. The van der Waals surface area contributed by atoms with Gasteiger partial charge in [0.25, 0.3) is 5.91 Å². The van der Waals surface area contributed by atoms with Gasteiger partial charge in [0, 0.05) is 33.1 Å². The van der Waals surface area contributed by atoms with E-state index >= 15 is 0 Å². The van der Waals surface area contributed by atoms with Gasteiger partial charge in [0.2, 0.25) is 5.76 Å². The first-order valence-electron chi connectivity index (χ1n) is 6.70. The number of ether oxygens (including phenoxy) is 1. The standard InChI is InChI=1S/C13H19N3O3/c1-9-12(19-10(2)14-9)13(17)16-4-3-15-5-6-18-8-11(15)7-16/h11H,3-8H2,1-2H3. The van der Waals surface area contributed by atoms with Crippen molar-refractivity contribution in [2.75, 3.05) is 39.4 Å². The van der Waals surface area contributed by atoms with Crippen LogP contribution in [0.4, 0.5) is 0 Å². The number of morpholine rings is 1. The van der Waals surface area contributed by atoms with Crippen molar-refractivity contribution in [1.29, 1.82) is 0 Å². The number of piperazine rings is 1. The highest BCUT2D eigenvalue weighted by Gasteiger charge is 2.33. The van der Waals surface area contributed by atoms with Gasteiger partial charge in [0.15, 0.2) is 5.89 Å². The van der Waals surface area contributed by atoms with E-state index in [1.165, 1.54) is 0 Å². The van der Waals surface area contributed by atoms with E-state index in [2.05, 4.69) is 9.88 Å². The van der Waals surface area contributed by atoms with E-state index in [0.29, 0.717) is 36.5 Å². The zero-order valence-electron chi connectivity index (χ0n) is 11.4. The molecule has 0 aromatic carbocycles. The van der Waals surface area contributed by atoms with Gasteiger partial charge in [-0.3, -0.25) is 9.69 Å². The number of aromatic nitrogens is 1. The first-order chi connectivity index (χ1) is 9.15. The molecule has 1 atom stereocenters. The van der Waals surface area contributed by atoms with Gasteiger partial charge < -0.3 is 14.1 Å². The molecule has 3 rings (SSSR count). The Morgan fingerprint density at radius 1 is 1.32 bits per heavy atom. The largest absolute Gasteiger partial charge is 0.436 e. The lowest BCUT2D eigenvalue weighted by atomic mass is 10.1. The van der Waals surface area contributed by atoms with E-state index in [9.17, 15) is 4.79 Å². The molecule has 1 amide bonds. The molecule has 6 heteroatoms. The molecule has 1 unspecified atom stereocenters. The lowest BCUT2D eigenvalue weighted by Crippen LogP contribution is -2.59. The first kappa shape index (κ1) is 12.6. The van der Waals surface area contributed by atoms with Crippen LogP contribution in [0.1, 0.15) is 22.1 Å². The molecule has 0 N–H and O–H groups in total. The summed E-state index contributed by atoms with van der Waals surface area (Å²) in [5.41, 5.74) is 0.671. The number of oxazole rings is 1. The van der Waals surface area contributed by atoms with E-state index in [1.54, 1.807) is 6.92 Å². The molecule has 0 saturated carbocycles. The summed E-state index contributed by atoms with van der Waals surface area (Å²) >= 11 is 0. The molecule has 1 aromatic heterocycles. The van der Waals surface area contributed by atoms with E-state index < -0.39 is 0 Å². The Bertz CT molecular complexity index is 485. The molecular formula is C13H19N3O3. The van der Waals surface area contributed by atoms with Crippen molar-refractivity contribution < 1.29 is 13.9 Å². The molecule has 104 valence electrons. The molecule has 2 aliphatic heterocycles. The Kier molecular flexibility index (Phi) is 3.28. The lowest BCUT2D eigenvalue weighted by Gasteiger charge is -2.43. The Hall–Kier alpha value is -1.40. The van der Waals surface area contributed by atoms with Crippen LogP contribution >= 0.6 is 0 Å². The molecule has 19 heavy (non-hydrogen) atoms. The van der Waals surface area contributed by atoms with Gasteiger partial charge >= 0.3 is 0 Å². The highest BCUT2D eigenvalue weighted by atomic mass is 16.5. The van der Waals surface area contributed by atoms with Crippen molar-refractivity contribution in [2.45, 2.75) is 19.9 Å². The van der Waals surface area contributed by atoms with Crippen molar-refractivity contribution in [3.05, 3.63) is 17.3 Å². The van der Waals surface area contributed by atoms with Gasteiger partial charge in [-0.25, -0.2) is 4.98 Å². The zero-order chi connectivity index (χ0) is 13.4. The number of carbonyl (C=O) groups is 1. The summed E-state index contributed by atoms with van der Waals surface area (Å²) in [7, 11) is 0. The predicted octanol–water partition coefficient (Wildman–Crippen LogP) is 0.448. The number of amides is 1. The maximum atomic E-state index is 12.4. The number of aryl methyl sites for hydroxylation is 2. The minimum Gasteiger partial charge on any atom is -0.436 e. The number of hydrogen-bond acceptors (Lipinski definition) is 5. The van der Waals surface area contributed by atoms with Gasteiger partial charge in [-0.2, -0.15) is 0 Å². The zero-order valence-corrected chi connectivity index (χ0v) is 11.4. The molecule has 3 heterocycles. The number of rotatable bonds is 1. The summed E-state index contributed by atoms with van der Waals surface area (Å²) in [6.07, 6.45) is 0. The van der Waals surface area contributed by atoms with Crippen LogP contribution in [0.2, 0.25) is 0 Å². The average molecular weight is 265 g/mol. The normalized spacial score (nSPS) is 24.3.